The molecule has 0 spiro atoms. The quantitative estimate of drug-likeness (QED) is 0.631. The Morgan fingerprint density at radius 3 is 2.77 bits per heavy atom. The van der Waals surface area contributed by atoms with E-state index in [-0.39, 0.29) is 0 Å². The Morgan fingerprint density at radius 2 is 2.09 bits per heavy atom. The maximum atomic E-state index is 4.63. The van der Waals surface area contributed by atoms with Gasteiger partial charge in [-0.05, 0) is 47.8 Å². The molecule has 0 amide bonds. The largest absolute Gasteiger partial charge is 0.357 e. The van der Waals surface area contributed by atoms with Crippen LogP contribution in [0.15, 0.2) is 34.0 Å². The zero-order chi connectivity index (χ0) is 16.1. The normalized spacial score (nSPS) is 13.6. The van der Waals surface area contributed by atoms with Crippen LogP contribution >= 0.6 is 15.9 Å². The number of guanidine groups is 1. The average molecular weight is 366 g/mol. The number of pyridine rings is 1. The lowest BCUT2D eigenvalue weighted by atomic mass is 10.1. The third kappa shape index (κ3) is 4.47. The van der Waals surface area contributed by atoms with E-state index >= 15 is 0 Å². The molecule has 2 aromatic rings. The Morgan fingerprint density at radius 1 is 1.32 bits per heavy atom. The number of fused-ring (bicyclic) bond motifs is 1. The van der Waals surface area contributed by atoms with E-state index in [1.54, 1.807) is 0 Å². The van der Waals surface area contributed by atoms with Crippen LogP contribution in [-0.4, -0.2) is 27.9 Å². The fourth-order valence-electron chi connectivity index (χ4n) is 1.96. The molecule has 0 saturated carbocycles. The van der Waals surface area contributed by atoms with Crippen LogP contribution in [0.3, 0.4) is 0 Å². The van der Waals surface area contributed by atoms with Crippen LogP contribution in [0.2, 0.25) is 0 Å². The number of rotatable bonds is 5. The van der Waals surface area contributed by atoms with Crippen molar-refractivity contribution in [2.45, 2.75) is 40.3 Å². The molecule has 120 valence electrons. The average Bonchev–Trinajstić information content (AvgIpc) is 2.86. The molecule has 0 bridgehead atoms. The molecule has 0 fully saturated rings. The zero-order valence-electron chi connectivity index (χ0n) is 13.6. The lowest BCUT2D eigenvalue weighted by Gasteiger charge is -2.20. The van der Waals surface area contributed by atoms with Crippen LogP contribution in [0.4, 0.5) is 0 Å². The second-order valence-electron chi connectivity index (χ2n) is 5.72. The monoisotopic (exact) mass is 365 g/mol. The van der Waals surface area contributed by atoms with Crippen LogP contribution in [0, 0.1) is 5.92 Å². The number of nitrogens with one attached hydrogen (secondary N) is 2. The minimum absolute atomic E-state index is 0.370. The highest BCUT2D eigenvalue weighted by atomic mass is 79.9. The van der Waals surface area contributed by atoms with Gasteiger partial charge in [-0.3, -0.25) is 0 Å². The summed E-state index contributed by atoms with van der Waals surface area (Å²) in [5, 5.41) is 6.71. The molecule has 0 aliphatic rings. The SMILES string of the molecule is CCNC(=NCc1cn2cc(Br)ccc2n1)NC(C)C(C)C. The first-order chi connectivity index (χ1) is 10.5. The van der Waals surface area contributed by atoms with Gasteiger partial charge in [0.2, 0.25) is 0 Å². The van der Waals surface area contributed by atoms with Crippen molar-refractivity contribution in [1.82, 2.24) is 20.0 Å². The van der Waals surface area contributed by atoms with Gasteiger partial charge in [0.25, 0.3) is 0 Å². The molecule has 1 unspecified atom stereocenters. The molecule has 0 aliphatic heterocycles. The van der Waals surface area contributed by atoms with Crippen molar-refractivity contribution in [2.75, 3.05) is 6.54 Å². The number of hydrogen-bond donors (Lipinski definition) is 2. The Kier molecular flexibility index (Phi) is 5.83. The van der Waals surface area contributed by atoms with Gasteiger partial charge in [-0.15, -0.1) is 0 Å². The van der Waals surface area contributed by atoms with E-state index in [2.05, 4.69) is 64.2 Å². The van der Waals surface area contributed by atoms with Gasteiger partial charge in [0, 0.05) is 29.5 Å². The molecule has 0 saturated heterocycles. The maximum Gasteiger partial charge on any atom is 0.191 e. The molecule has 2 aromatic heterocycles. The van der Waals surface area contributed by atoms with E-state index < -0.39 is 0 Å². The van der Waals surface area contributed by atoms with Crippen LogP contribution in [-0.2, 0) is 6.54 Å². The third-order valence-corrected chi connectivity index (χ3v) is 4.04. The second kappa shape index (κ2) is 7.63. The number of halogens is 1. The van der Waals surface area contributed by atoms with Crippen molar-refractivity contribution in [3.05, 3.63) is 34.7 Å². The predicted octanol–water partition coefficient (Wildman–Crippen LogP) is 3.20. The first-order valence-corrected chi connectivity index (χ1v) is 8.47. The highest BCUT2D eigenvalue weighted by Crippen LogP contribution is 2.12. The minimum atomic E-state index is 0.370. The van der Waals surface area contributed by atoms with E-state index in [0.29, 0.717) is 18.5 Å². The summed E-state index contributed by atoms with van der Waals surface area (Å²) in [4.78, 5) is 9.21. The van der Waals surface area contributed by atoms with Gasteiger partial charge >= 0.3 is 0 Å². The molecular formula is C16H24BrN5. The standard InChI is InChI=1S/C16H24BrN5/c1-5-18-16(20-12(4)11(2)3)19-8-14-10-22-9-13(17)6-7-15(22)21-14/h6-7,9-12H,5,8H2,1-4H3,(H2,18,19,20). The van der Waals surface area contributed by atoms with Crippen molar-refractivity contribution in [2.24, 2.45) is 10.9 Å². The summed E-state index contributed by atoms with van der Waals surface area (Å²) in [6, 6.07) is 4.35. The summed E-state index contributed by atoms with van der Waals surface area (Å²) in [5.41, 5.74) is 1.88. The minimum Gasteiger partial charge on any atom is -0.357 e. The summed E-state index contributed by atoms with van der Waals surface area (Å²) in [6.07, 6.45) is 4.01. The summed E-state index contributed by atoms with van der Waals surface area (Å²) in [6.45, 7) is 10.0. The van der Waals surface area contributed by atoms with E-state index in [1.807, 2.05) is 28.9 Å². The van der Waals surface area contributed by atoms with Crippen LogP contribution in [0.25, 0.3) is 5.65 Å². The van der Waals surface area contributed by atoms with Crippen molar-refractivity contribution in [1.29, 1.82) is 0 Å². The number of aliphatic imine (C=N–C) groups is 1. The Bertz CT molecular complexity index is 647. The van der Waals surface area contributed by atoms with Gasteiger partial charge in [0.15, 0.2) is 5.96 Å². The molecule has 0 radical (unpaired) electrons. The van der Waals surface area contributed by atoms with E-state index in [0.717, 1.165) is 28.3 Å². The van der Waals surface area contributed by atoms with Gasteiger partial charge in [-0.1, -0.05) is 13.8 Å². The Hall–Kier alpha value is -1.56. The molecule has 0 aliphatic carbocycles. The van der Waals surface area contributed by atoms with Crippen molar-refractivity contribution < 1.29 is 0 Å². The second-order valence-corrected chi connectivity index (χ2v) is 6.63. The van der Waals surface area contributed by atoms with E-state index in [9.17, 15) is 0 Å². The number of nitrogens with zero attached hydrogens (tertiary/aromatic N) is 3. The van der Waals surface area contributed by atoms with E-state index in [1.165, 1.54) is 0 Å². The van der Waals surface area contributed by atoms with Crippen LogP contribution in [0.1, 0.15) is 33.4 Å². The fourth-order valence-corrected chi connectivity index (χ4v) is 2.31. The predicted molar refractivity (Wildman–Crippen MR) is 95.1 cm³/mol. The van der Waals surface area contributed by atoms with Crippen molar-refractivity contribution in [3.63, 3.8) is 0 Å². The molecule has 2 rings (SSSR count). The molecule has 2 heterocycles. The number of aromatic nitrogens is 2. The molecular weight excluding hydrogens is 342 g/mol. The van der Waals surface area contributed by atoms with Gasteiger partial charge in [-0.2, -0.15) is 0 Å². The third-order valence-electron chi connectivity index (χ3n) is 3.57. The summed E-state index contributed by atoms with van der Waals surface area (Å²) in [7, 11) is 0. The smallest absolute Gasteiger partial charge is 0.191 e. The summed E-state index contributed by atoms with van der Waals surface area (Å²) >= 11 is 3.47. The summed E-state index contributed by atoms with van der Waals surface area (Å²) in [5.74, 6) is 1.39. The number of hydrogen-bond acceptors (Lipinski definition) is 2. The summed E-state index contributed by atoms with van der Waals surface area (Å²) < 4.78 is 3.04. The highest BCUT2D eigenvalue weighted by Gasteiger charge is 2.09. The zero-order valence-corrected chi connectivity index (χ0v) is 15.2. The van der Waals surface area contributed by atoms with Crippen LogP contribution < -0.4 is 10.6 Å². The van der Waals surface area contributed by atoms with Gasteiger partial charge in [-0.25, -0.2) is 9.98 Å². The topological polar surface area (TPSA) is 53.7 Å². The van der Waals surface area contributed by atoms with Crippen molar-refractivity contribution >= 4 is 27.5 Å². The molecule has 22 heavy (non-hydrogen) atoms. The van der Waals surface area contributed by atoms with E-state index in [4.69, 9.17) is 0 Å². The Labute approximate surface area is 140 Å². The number of imidazole rings is 1. The first-order valence-electron chi connectivity index (χ1n) is 7.67. The first kappa shape index (κ1) is 16.8. The molecule has 2 N–H and O–H groups in total. The van der Waals surface area contributed by atoms with Gasteiger partial charge < -0.3 is 15.0 Å². The Balaban J connectivity index is 2.10. The molecule has 1 atom stereocenters. The maximum absolute atomic E-state index is 4.63. The molecule has 5 nitrogen and oxygen atoms in total. The van der Waals surface area contributed by atoms with Gasteiger partial charge in [0.1, 0.15) is 5.65 Å². The van der Waals surface area contributed by atoms with Gasteiger partial charge in [0.05, 0.1) is 12.2 Å². The van der Waals surface area contributed by atoms with Crippen molar-refractivity contribution in [3.8, 4) is 0 Å². The fraction of sp³-hybridized carbons (Fsp3) is 0.500. The lowest BCUT2D eigenvalue weighted by molar-refractivity contribution is 0.481. The molecule has 6 heteroatoms. The van der Waals surface area contributed by atoms with Crippen LogP contribution in [0.5, 0.6) is 0 Å². The lowest BCUT2D eigenvalue weighted by Crippen LogP contribution is -2.44. The molecule has 0 aromatic carbocycles. The highest BCUT2D eigenvalue weighted by molar-refractivity contribution is 9.10.